The number of ether oxygens (including phenoxy) is 1. The van der Waals surface area contributed by atoms with Crippen molar-refractivity contribution in [1.29, 1.82) is 0 Å². The maximum Gasteiger partial charge on any atom is 0.419 e. The highest BCUT2D eigenvalue weighted by Crippen LogP contribution is 2.35. The van der Waals surface area contributed by atoms with E-state index in [1.54, 1.807) is 6.92 Å². The minimum absolute atomic E-state index is 0.00227. The van der Waals surface area contributed by atoms with Gasteiger partial charge in [0.25, 0.3) is 0 Å². The molecule has 0 aliphatic carbocycles. The fourth-order valence-corrected chi connectivity index (χ4v) is 2.43. The standard InChI is InChI=1S/C14H10BrF4NO3/c1-2-22-13(21)11-8(6-15)12(23-20-11)7-3-4-9(10(16)5-7)14(17,18)19/h3-5H,2,6H2,1H3. The van der Waals surface area contributed by atoms with Gasteiger partial charge in [0.1, 0.15) is 5.82 Å². The number of halogens is 5. The van der Waals surface area contributed by atoms with Crippen LogP contribution in [0.25, 0.3) is 11.3 Å². The summed E-state index contributed by atoms with van der Waals surface area (Å²) in [6.07, 6.45) is -4.79. The summed E-state index contributed by atoms with van der Waals surface area (Å²) in [4.78, 5) is 11.7. The van der Waals surface area contributed by atoms with Crippen molar-refractivity contribution in [2.24, 2.45) is 0 Å². The number of rotatable bonds is 4. The summed E-state index contributed by atoms with van der Waals surface area (Å²) in [5.74, 6) is -2.17. The fourth-order valence-electron chi connectivity index (χ4n) is 1.91. The summed E-state index contributed by atoms with van der Waals surface area (Å²) in [6.45, 7) is 1.73. The first-order chi connectivity index (χ1) is 10.8. The molecule has 124 valence electrons. The van der Waals surface area contributed by atoms with E-state index in [-0.39, 0.29) is 34.5 Å². The summed E-state index contributed by atoms with van der Waals surface area (Å²) in [6, 6.07) is 2.34. The van der Waals surface area contributed by atoms with E-state index in [1.807, 2.05) is 0 Å². The largest absolute Gasteiger partial charge is 0.461 e. The molecule has 1 heterocycles. The van der Waals surface area contributed by atoms with Crippen LogP contribution in [0.3, 0.4) is 0 Å². The Morgan fingerprint density at radius 2 is 2.09 bits per heavy atom. The van der Waals surface area contributed by atoms with Crippen LogP contribution in [0.1, 0.15) is 28.5 Å². The second kappa shape index (κ2) is 6.69. The first kappa shape index (κ1) is 17.5. The number of aromatic nitrogens is 1. The third-order valence-corrected chi connectivity index (χ3v) is 3.49. The lowest BCUT2D eigenvalue weighted by Crippen LogP contribution is -2.08. The molecular formula is C14H10BrF4NO3. The Bertz CT molecular complexity index is 727. The van der Waals surface area contributed by atoms with Crippen LogP contribution in [0.5, 0.6) is 0 Å². The number of hydrogen-bond acceptors (Lipinski definition) is 4. The van der Waals surface area contributed by atoms with Crippen LogP contribution in [-0.4, -0.2) is 17.7 Å². The highest BCUT2D eigenvalue weighted by atomic mass is 79.9. The number of nitrogens with zero attached hydrogens (tertiary/aromatic N) is 1. The zero-order valence-electron chi connectivity index (χ0n) is 11.7. The molecule has 0 aliphatic heterocycles. The van der Waals surface area contributed by atoms with E-state index in [0.29, 0.717) is 12.1 Å². The second-order valence-electron chi connectivity index (χ2n) is 4.39. The number of carbonyl (C=O) groups is 1. The van der Waals surface area contributed by atoms with Gasteiger partial charge in [0.15, 0.2) is 11.5 Å². The van der Waals surface area contributed by atoms with Crippen LogP contribution in [0.2, 0.25) is 0 Å². The normalized spacial score (nSPS) is 11.6. The maximum absolute atomic E-state index is 13.7. The van der Waals surface area contributed by atoms with E-state index in [1.165, 1.54) is 0 Å². The zero-order valence-corrected chi connectivity index (χ0v) is 13.3. The summed E-state index contributed by atoms with van der Waals surface area (Å²) in [5.41, 5.74) is -1.19. The molecule has 23 heavy (non-hydrogen) atoms. The van der Waals surface area contributed by atoms with Gasteiger partial charge < -0.3 is 9.26 Å². The molecule has 0 N–H and O–H groups in total. The topological polar surface area (TPSA) is 52.3 Å². The van der Waals surface area contributed by atoms with Gasteiger partial charge in [-0.15, -0.1) is 0 Å². The smallest absolute Gasteiger partial charge is 0.419 e. The van der Waals surface area contributed by atoms with Crippen molar-refractivity contribution in [3.05, 3.63) is 40.8 Å². The summed E-state index contributed by atoms with van der Waals surface area (Å²) in [7, 11) is 0. The third-order valence-electron chi connectivity index (χ3n) is 2.93. The Balaban J connectivity index is 2.47. The van der Waals surface area contributed by atoms with Crippen LogP contribution in [0, 0.1) is 5.82 Å². The van der Waals surface area contributed by atoms with Crippen molar-refractivity contribution >= 4 is 21.9 Å². The van der Waals surface area contributed by atoms with Crippen molar-refractivity contribution in [3.8, 4) is 11.3 Å². The van der Waals surface area contributed by atoms with E-state index in [0.717, 1.165) is 6.07 Å². The molecule has 0 unspecified atom stereocenters. The van der Waals surface area contributed by atoms with Crippen LogP contribution < -0.4 is 0 Å². The monoisotopic (exact) mass is 395 g/mol. The average Bonchev–Trinajstić information content (AvgIpc) is 2.89. The molecule has 4 nitrogen and oxygen atoms in total. The molecule has 2 rings (SSSR count). The first-order valence-corrected chi connectivity index (χ1v) is 7.50. The number of esters is 1. The zero-order chi connectivity index (χ0) is 17.2. The summed E-state index contributed by atoms with van der Waals surface area (Å²) in [5, 5.41) is 3.69. The van der Waals surface area contributed by atoms with Crippen molar-refractivity contribution in [2.75, 3.05) is 6.61 Å². The van der Waals surface area contributed by atoms with Gasteiger partial charge in [-0.2, -0.15) is 13.2 Å². The van der Waals surface area contributed by atoms with Crippen LogP contribution in [0.15, 0.2) is 22.7 Å². The van der Waals surface area contributed by atoms with Crippen molar-refractivity contribution in [1.82, 2.24) is 5.16 Å². The summed E-state index contributed by atoms with van der Waals surface area (Å²) < 4.78 is 61.2. The van der Waals surface area contributed by atoms with E-state index in [2.05, 4.69) is 21.1 Å². The van der Waals surface area contributed by atoms with Gasteiger partial charge in [-0.1, -0.05) is 27.2 Å². The van der Waals surface area contributed by atoms with Crippen molar-refractivity contribution < 1.29 is 31.6 Å². The summed E-state index contributed by atoms with van der Waals surface area (Å²) >= 11 is 3.14. The van der Waals surface area contributed by atoms with Gasteiger partial charge in [0.2, 0.25) is 0 Å². The van der Waals surface area contributed by atoms with Gasteiger partial charge in [-0.05, 0) is 19.1 Å². The van der Waals surface area contributed by atoms with E-state index in [4.69, 9.17) is 9.26 Å². The minimum atomic E-state index is -4.79. The van der Waals surface area contributed by atoms with Gasteiger partial charge in [-0.3, -0.25) is 0 Å². The Morgan fingerprint density at radius 1 is 1.39 bits per heavy atom. The van der Waals surface area contributed by atoms with Crippen molar-refractivity contribution in [3.63, 3.8) is 0 Å². The lowest BCUT2D eigenvalue weighted by atomic mass is 10.0. The lowest BCUT2D eigenvalue weighted by molar-refractivity contribution is -0.139. The molecule has 0 saturated carbocycles. The molecule has 0 aliphatic rings. The Hall–Kier alpha value is -1.90. The molecule has 0 amide bonds. The number of alkyl halides is 4. The molecule has 9 heteroatoms. The lowest BCUT2D eigenvalue weighted by Gasteiger charge is -2.08. The SMILES string of the molecule is CCOC(=O)c1noc(-c2ccc(C(F)(F)F)c(F)c2)c1CBr. The molecule has 0 fully saturated rings. The highest BCUT2D eigenvalue weighted by Gasteiger charge is 2.34. The van der Waals surface area contributed by atoms with Gasteiger partial charge in [0, 0.05) is 16.5 Å². The predicted octanol–water partition coefficient (Wildman–Crippen LogP) is 4.57. The predicted molar refractivity (Wildman–Crippen MR) is 75.5 cm³/mol. The molecule has 0 bridgehead atoms. The molecule has 2 aromatic rings. The minimum Gasteiger partial charge on any atom is -0.461 e. The number of carbonyl (C=O) groups excluding carboxylic acids is 1. The number of benzene rings is 1. The molecule has 1 aromatic heterocycles. The molecule has 0 saturated heterocycles. The Kier molecular flexibility index (Phi) is 5.08. The molecule has 0 atom stereocenters. The van der Waals surface area contributed by atoms with Crippen molar-refractivity contribution in [2.45, 2.75) is 18.4 Å². The average molecular weight is 396 g/mol. The first-order valence-electron chi connectivity index (χ1n) is 6.38. The van der Waals surface area contributed by atoms with E-state index < -0.39 is 23.5 Å². The molecule has 1 aromatic carbocycles. The fraction of sp³-hybridized carbons (Fsp3) is 0.286. The second-order valence-corrected chi connectivity index (χ2v) is 4.95. The third kappa shape index (κ3) is 3.54. The highest BCUT2D eigenvalue weighted by molar-refractivity contribution is 9.08. The van der Waals surface area contributed by atoms with Gasteiger partial charge in [0.05, 0.1) is 12.2 Å². The maximum atomic E-state index is 13.7. The molecule has 0 spiro atoms. The quantitative estimate of drug-likeness (QED) is 0.432. The van der Waals surface area contributed by atoms with E-state index in [9.17, 15) is 22.4 Å². The number of hydrogen-bond donors (Lipinski definition) is 0. The van der Waals surface area contributed by atoms with Crippen LogP contribution >= 0.6 is 15.9 Å². The van der Waals surface area contributed by atoms with Gasteiger partial charge >= 0.3 is 12.1 Å². The van der Waals surface area contributed by atoms with Crippen LogP contribution in [0.4, 0.5) is 17.6 Å². The van der Waals surface area contributed by atoms with E-state index >= 15 is 0 Å². The molecular weight excluding hydrogens is 386 g/mol. The van der Waals surface area contributed by atoms with Gasteiger partial charge in [-0.25, -0.2) is 9.18 Å². The Morgan fingerprint density at radius 3 is 2.61 bits per heavy atom. The molecule has 0 radical (unpaired) electrons. The van der Waals surface area contributed by atoms with Crippen LogP contribution in [-0.2, 0) is 16.2 Å². The Labute approximate surface area is 136 Å².